The zero-order chi connectivity index (χ0) is 4.24. The van der Waals surface area contributed by atoms with E-state index in [1.807, 2.05) is 12.1 Å². The fourth-order valence-corrected chi connectivity index (χ4v) is 0.253. The minimum absolute atomic E-state index is 0. The molecule has 0 saturated heterocycles. The Bertz CT molecular complexity index is 87.2. The van der Waals surface area contributed by atoms with Crippen LogP contribution in [0, 0.1) is 0 Å². The van der Waals surface area contributed by atoms with E-state index < -0.39 is 0 Å². The van der Waals surface area contributed by atoms with Gasteiger partial charge in [-0.05, 0) is 12.1 Å². The average molecular weight is 592 g/mol. The van der Waals surface area contributed by atoms with Gasteiger partial charge in [-0.1, -0.05) is 0 Å². The summed E-state index contributed by atoms with van der Waals surface area (Å²) in [7, 11) is 0. The van der Waals surface area contributed by atoms with Gasteiger partial charge in [-0.3, -0.25) is 0 Å². The lowest BCUT2D eigenvalue weighted by molar-refractivity contribution is 1.03. The molecule has 62 valence electrons. The van der Waals surface area contributed by atoms with E-state index >= 15 is 0 Å². The highest BCUT2D eigenvalue weighted by Crippen LogP contribution is 1.68. The number of nitrogens with zero attached hydrogens (tertiary/aromatic N) is 2. The molecule has 6 heteroatoms. The van der Waals surface area contributed by atoms with Gasteiger partial charge in [0.15, 0.2) is 0 Å². The van der Waals surface area contributed by atoms with Crippen molar-refractivity contribution in [3.05, 3.63) is 24.5 Å². The first-order valence-electron chi connectivity index (χ1n) is 1.72. The quantitative estimate of drug-likeness (QED) is 0.434. The molecule has 0 saturated carbocycles. The van der Waals surface area contributed by atoms with Crippen LogP contribution in [0.25, 0.3) is 0 Å². The third-order valence-corrected chi connectivity index (χ3v) is 0.483. The first kappa shape index (κ1) is 22.7. The Morgan fingerprint density at radius 3 is 1.00 bits per heavy atom. The molecule has 1 heterocycles. The second-order valence-corrected chi connectivity index (χ2v) is 0.914. The Labute approximate surface area is 128 Å². The molecular formula is C4H8I4N2. The van der Waals surface area contributed by atoms with E-state index in [0.29, 0.717) is 0 Å². The van der Waals surface area contributed by atoms with Gasteiger partial charge in [-0.15, -0.1) is 95.9 Å². The van der Waals surface area contributed by atoms with Crippen LogP contribution in [0.5, 0.6) is 0 Å². The van der Waals surface area contributed by atoms with Crippen molar-refractivity contribution in [3.8, 4) is 0 Å². The van der Waals surface area contributed by atoms with Crippen LogP contribution >= 0.6 is 95.9 Å². The molecule has 0 aromatic carbocycles. The minimum Gasteiger partial charge on any atom is -0.159 e. The van der Waals surface area contributed by atoms with Crippen molar-refractivity contribution in [2.45, 2.75) is 0 Å². The van der Waals surface area contributed by atoms with Crippen LogP contribution < -0.4 is 0 Å². The lowest BCUT2D eigenvalue weighted by Gasteiger charge is -1.69. The maximum Gasteiger partial charge on any atom is 0.0496 e. The topological polar surface area (TPSA) is 25.8 Å². The van der Waals surface area contributed by atoms with E-state index in [0.717, 1.165) is 0 Å². The summed E-state index contributed by atoms with van der Waals surface area (Å²) in [6.45, 7) is 0. The van der Waals surface area contributed by atoms with Crippen molar-refractivity contribution in [2.75, 3.05) is 0 Å². The predicted octanol–water partition coefficient (Wildman–Crippen LogP) is 2.95. The molecule has 0 atom stereocenters. The molecule has 1 aromatic rings. The number of rotatable bonds is 0. The average Bonchev–Trinajstić information content (AvgIpc) is 1.72. The lowest BCUT2D eigenvalue weighted by Crippen LogP contribution is -1.69. The largest absolute Gasteiger partial charge is 0.159 e. The molecule has 1 aromatic heterocycles. The molecule has 0 aliphatic rings. The third kappa shape index (κ3) is 12.7. The van der Waals surface area contributed by atoms with Crippen LogP contribution in [0.2, 0.25) is 0 Å². The Hall–Kier alpha value is 2.00. The third-order valence-electron chi connectivity index (χ3n) is 0.483. The van der Waals surface area contributed by atoms with Gasteiger partial charge in [-0.25, -0.2) is 0 Å². The summed E-state index contributed by atoms with van der Waals surface area (Å²) in [5.74, 6) is 0. The van der Waals surface area contributed by atoms with Gasteiger partial charge in [0.05, 0.1) is 0 Å². The van der Waals surface area contributed by atoms with Crippen molar-refractivity contribution >= 4 is 95.9 Å². The SMILES string of the molecule is I.I.I.I.c1ccnnc1. The first-order valence-corrected chi connectivity index (χ1v) is 1.72. The standard InChI is InChI=1S/C4H4N2.4HI/c1-2-4-6-5-3-1;;;;/h1-4H;4*1H. The molecule has 10 heavy (non-hydrogen) atoms. The van der Waals surface area contributed by atoms with Crippen molar-refractivity contribution in [3.63, 3.8) is 0 Å². The number of aromatic nitrogens is 2. The summed E-state index contributed by atoms with van der Waals surface area (Å²) >= 11 is 0. The maximum atomic E-state index is 3.53. The number of hydrogen-bond donors (Lipinski definition) is 0. The number of hydrogen-bond acceptors (Lipinski definition) is 2. The zero-order valence-electron chi connectivity index (χ0n) is 4.84. The molecule has 0 N–H and O–H groups in total. The fourth-order valence-electron chi connectivity index (χ4n) is 0.253. The van der Waals surface area contributed by atoms with Crippen LogP contribution in [0.1, 0.15) is 0 Å². The van der Waals surface area contributed by atoms with Crippen molar-refractivity contribution in [2.24, 2.45) is 0 Å². The van der Waals surface area contributed by atoms with E-state index in [4.69, 9.17) is 0 Å². The molecule has 0 spiro atoms. The second-order valence-electron chi connectivity index (χ2n) is 0.914. The highest BCUT2D eigenvalue weighted by atomic mass is 127. The second kappa shape index (κ2) is 17.2. The van der Waals surface area contributed by atoms with E-state index in [9.17, 15) is 0 Å². The smallest absolute Gasteiger partial charge is 0.0496 e. The molecule has 2 nitrogen and oxygen atoms in total. The molecule has 0 unspecified atom stereocenters. The molecular weight excluding hydrogens is 584 g/mol. The molecule has 1 rings (SSSR count). The van der Waals surface area contributed by atoms with Crippen molar-refractivity contribution in [1.82, 2.24) is 10.2 Å². The van der Waals surface area contributed by atoms with E-state index in [1.165, 1.54) is 0 Å². The summed E-state index contributed by atoms with van der Waals surface area (Å²) in [5.41, 5.74) is 0. The Morgan fingerprint density at radius 2 is 0.900 bits per heavy atom. The monoisotopic (exact) mass is 592 g/mol. The Balaban J connectivity index is -0.0000000450. The van der Waals surface area contributed by atoms with Crippen LogP contribution in [-0.2, 0) is 0 Å². The van der Waals surface area contributed by atoms with Gasteiger partial charge in [0.2, 0.25) is 0 Å². The Kier molecular flexibility index (Phi) is 39.0. The molecule has 0 bridgehead atoms. The van der Waals surface area contributed by atoms with Gasteiger partial charge in [0.1, 0.15) is 0 Å². The van der Waals surface area contributed by atoms with Crippen molar-refractivity contribution < 1.29 is 0 Å². The molecule has 0 radical (unpaired) electrons. The fraction of sp³-hybridized carbons (Fsp3) is 0. The van der Waals surface area contributed by atoms with Crippen LogP contribution in [0.15, 0.2) is 24.5 Å². The minimum atomic E-state index is 0. The summed E-state index contributed by atoms with van der Waals surface area (Å²) in [6.07, 6.45) is 3.28. The molecule has 0 fully saturated rings. The molecule has 0 amide bonds. The van der Waals surface area contributed by atoms with Gasteiger partial charge < -0.3 is 0 Å². The number of halogens is 4. The van der Waals surface area contributed by atoms with Crippen molar-refractivity contribution in [1.29, 1.82) is 0 Å². The maximum absolute atomic E-state index is 3.53. The highest BCUT2D eigenvalue weighted by Gasteiger charge is 1.59. The van der Waals surface area contributed by atoms with Gasteiger partial charge in [0.25, 0.3) is 0 Å². The zero-order valence-corrected chi connectivity index (χ0v) is 14.2. The summed E-state index contributed by atoms with van der Waals surface area (Å²) in [6, 6.07) is 3.65. The van der Waals surface area contributed by atoms with Crippen LogP contribution in [0.4, 0.5) is 0 Å². The lowest BCUT2D eigenvalue weighted by atomic mass is 10.6. The highest BCUT2D eigenvalue weighted by molar-refractivity contribution is 14.0. The first-order chi connectivity index (χ1) is 3.00. The summed E-state index contributed by atoms with van der Waals surface area (Å²) in [4.78, 5) is 0. The molecule has 0 aliphatic carbocycles. The van der Waals surface area contributed by atoms with Crippen LogP contribution in [-0.4, -0.2) is 10.2 Å². The summed E-state index contributed by atoms with van der Waals surface area (Å²) in [5, 5.41) is 7.07. The van der Waals surface area contributed by atoms with E-state index in [1.54, 1.807) is 12.4 Å². The van der Waals surface area contributed by atoms with E-state index in [2.05, 4.69) is 10.2 Å². The predicted molar refractivity (Wildman–Crippen MR) is 83.7 cm³/mol. The molecule has 0 aliphatic heterocycles. The Morgan fingerprint density at radius 1 is 0.600 bits per heavy atom. The van der Waals surface area contributed by atoms with Gasteiger partial charge in [-0.2, -0.15) is 10.2 Å². The van der Waals surface area contributed by atoms with Gasteiger partial charge >= 0.3 is 0 Å². The van der Waals surface area contributed by atoms with Gasteiger partial charge in [0, 0.05) is 12.4 Å². The van der Waals surface area contributed by atoms with E-state index in [-0.39, 0.29) is 95.9 Å². The normalized spacial score (nSPS) is 4.80. The summed E-state index contributed by atoms with van der Waals surface area (Å²) < 4.78 is 0. The van der Waals surface area contributed by atoms with Crippen LogP contribution in [0.3, 0.4) is 0 Å².